The van der Waals surface area contributed by atoms with Crippen LogP contribution >= 0.6 is 11.6 Å². The van der Waals surface area contributed by atoms with Crippen LogP contribution in [0.5, 0.6) is 0 Å². The van der Waals surface area contributed by atoms with Gasteiger partial charge in [-0.2, -0.15) is 0 Å². The molecular formula is C20H15ClN2O5. The SMILES string of the molecule is COC(=O)C1=C(C)N(c2ccc([N+](=O)[O-])cc2)C(=O)C1=Cc1ccccc1Cl. The molecular weight excluding hydrogens is 384 g/mol. The van der Waals surface area contributed by atoms with E-state index in [1.165, 1.54) is 42.4 Å². The van der Waals surface area contributed by atoms with E-state index in [9.17, 15) is 19.7 Å². The third-order valence-electron chi connectivity index (χ3n) is 4.31. The summed E-state index contributed by atoms with van der Waals surface area (Å²) in [6.07, 6.45) is 1.53. The average molecular weight is 399 g/mol. The molecule has 0 fully saturated rings. The predicted molar refractivity (Wildman–Crippen MR) is 105 cm³/mol. The van der Waals surface area contributed by atoms with Crippen LogP contribution < -0.4 is 4.90 Å². The molecule has 7 nitrogen and oxygen atoms in total. The van der Waals surface area contributed by atoms with Crippen LogP contribution in [-0.4, -0.2) is 23.9 Å². The predicted octanol–water partition coefficient (Wildman–Crippen LogP) is 4.13. The van der Waals surface area contributed by atoms with Crippen LogP contribution in [0.2, 0.25) is 5.02 Å². The Morgan fingerprint density at radius 2 is 1.82 bits per heavy atom. The van der Waals surface area contributed by atoms with Crippen LogP contribution in [0.4, 0.5) is 11.4 Å². The number of anilines is 1. The fraction of sp³-hybridized carbons (Fsp3) is 0.100. The van der Waals surface area contributed by atoms with Crippen molar-refractivity contribution in [2.24, 2.45) is 0 Å². The number of amides is 1. The van der Waals surface area contributed by atoms with E-state index in [0.29, 0.717) is 22.0 Å². The van der Waals surface area contributed by atoms with Crippen molar-refractivity contribution in [3.8, 4) is 0 Å². The molecule has 28 heavy (non-hydrogen) atoms. The summed E-state index contributed by atoms with van der Waals surface area (Å²) < 4.78 is 4.85. The third-order valence-corrected chi connectivity index (χ3v) is 4.66. The van der Waals surface area contributed by atoms with Crippen molar-refractivity contribution in [3.05, 3.63) is 86.1 Å². The van der Waals surface area contributed by atoms with Gasteiger partial charge in [0.15, 0.2) is 0 Å². The van der Waals surface area contributed by atoms with Crippen molar-refractivity contribution in [1.82, 2.24) is 0 Å². The molecule has 2 aromatic carbocycles. The highest BCUT2D eigenvalue weighted by Gasteiger charge is 2.38. The molecule has 0 aliphatic carbocycles. The first-order valence-electron chi connectivity index (χ1n) is 8.20. The van der Waals surface area contributed by atoms with E-state index in [2.05, 4.69) is 0 Å². The summed E-state index contributed by atoms with van der Waals surface area (Å²) in [5.74, 6) is -1.11. The smallest absolute Gasteiger partial charge is 0.340 e. The van der Waals surface area contributed by atoms with Gasteiger partial charge < -0.3 is 4.74 Å². The Labute approximate surface area is 165 Å². The van der Waals surface area contributed by atoms with Gasteiger partial charge in [-0.25, -0.2) is 4.79 Å². The first kappa shape index (κ1) is 19.3. The monoisotopic (exact) mass is 398 g/mol. The number of rotatable bonds is 4. The summed E-state index contributed by atoms with van der Waals surface area (Å²) >= 11 is 6.18. The van der Waals surface area contributed by atoms with E-state index in [0.717, 1.165) is 0 Å². The number of nitro groups is 1. The molecule has 0 radical (unpaired) electrons. The van der Waals surface area contributed by atoms with Crippen LogP contribution in [0.15, 0.2) is 65.4 Å². The summed E-state index contributed by atoms with van der Waals surface area (Å²) in [6, 6.07) is 12.4. The first-order valence-corrected chi connectivity index (χ1v) is 8.57. The number of halogens is 1. The topological polar surface area (TPSA) is 89.8 Å². The Bertz CT molecular complexity index is 1040. The number of esters is 1. The second-order valence-electron chi connectivity index (χ2n) is 5.95. The lowest BCUT2D eigenvalue weighted by Crippen LogP contribution is -2.24. The third kappa shape index (κ3) is 3.39. The maximum Gasteiger partial charge on any atom is 0.340 e. The maximum atomic E-state index is 13.1. The zero-order valence-electron chi connectivity index (χ0n) is 15.0. The molecule has 0 saturated heterocycles. The van der Waals surface area contributed by atoms with Crippen LogP contribution in [0.25, 0.3) is 6.08 Å². The Hall–Kier alpha value is -3.45. The van der Waals surface area contributed by atoms with Gasteiger partial charge >= 0.3 is 5.97 Å². The largest absolute Gasteiger partial charge is 0.465 e. The number of benzene rings is 2. The molecule has 142 valence electrons. The summed E-state index contributed by atoms with van der Waals surface area (Å²) in [4.78, 5) is 37.1. The lowest BCUT2D eigenvalue weighted by atomic mass is 10.0. The quantitative estimate of drug-likeness (QED) is 0.334. The standard InChI is InChI=1S/C20H15ClN2O5/c1-12-18(20(25)28-2)16(11-13-5-3-4-6-17(13)21)19(24)22(12)14-7-9-15(10-8-14)23(26)27/h3-11H,1-2H3. The number of methoxy groups -OCH3 is 1. The van der Waals surface area contributed by atoms with Gasteiger partial charge in [0.1, 0.15) is 0 Å². The van der Waals surface area contributed by atoms with E-state index < -0.39 is 16.8 Å². The molecule has 0 unspecified atom stereocenters. The van der Waals surface area contributed by atoms with Crippen molar-refractivity contribution >= 4 is 40.9 Å². The highest BCUT2D eigenvalue weighted by molar-refractivity contribution is 6.32. The van der Waals surface area contributed by atoms with Crippen molar-refractivity contribution in [2.45, 2.75) is 6.92 Å². The minimum Gasteiger partial charge on any atom is -0.465 e. The lowest BCUT2D eigenvalue weighted by Gasteiger charge is -2.17. The minimum absolute atomic E-state index is 0.1000. The number of carbonyl (C=O) groups is 2. The molecule has 0 saturated carbocycles. The number of ether oxygens (including phenoxy) is 1. The summed E-state index contributed by atoms with van der Waals surface area (Å²) in [5.41, 5.74) is 1.49. The van der Waals surface area contributed by atoms with Gasteiger partial charge in [0, 0.05) is 28.5 Å². The van der Waals surface area contributed by atoms with Crippen molar-refractivity contribution in [3.63, 3.8) is 0 Å². The number of hydrogen-bond donors (Lipinski definition) is 0. The Morgan fingerprint density at radius 3 is 2.39 bits per heavy atom. The van der Waals surface area contributed by atoms with Gasteiger partial charge in [0.05, 0.1) is 23.2 Å². The molecule has 1 amide bonds. The zero-order valence-corrected chi connectivity index (χ0v) is 15.8. The number of nitrogens with zero attached hydrogens (tertiary/aromatic N) is 2. The fourth-order valence-electron chi connectivity index (χ4n) is 2.96. The van der Waals surface area contributed by atoms with Crippen LogP contribution in [-0.2, 0) is 14.3 Å². The second kappa shape index (κ2) is 7.66. The van der Waals surface area contributed by atoms with E-state index in [-0.39, 0.29) is 16.8 Å². The minimum atomic E-state index is -0.659. The van der Waals surface area contributed by atoms with Crippen LogP contribution in [0.3, 0.4) is 0 Å². The molecule has 8 heteroatoms. The number of nitro benzene ring substituents is 1. The molecule has 3 rings (SSSR count). The maximum absolute atomic E-state index is 13.1. The van der Waals surface area contributed by atoms with Gasteiger partial charge in [-0.1, -0.05) is 29.8 Å². The molecule has 0 bridgehead atoms. The molecule has 1 aliphatic heterocycles. The highest BCUT2D eigenvalue weighted by atomic mass is 35.5. The number of carbonyl (C=O) groups excluding carboxylic acids is 2. The Balaban J connectivity index is 2.12. The van der Waals surface area contributed by atoms with Crippen molar-refractivity contribution < 1.29 is 19.2 Å². The van der Waals surface area contributed by atoms with Gasteiger partial charge in [-0.05, 0) is 36.8 Å². The zero-order chi connectivity index (χ0) is 20.4. The second-order valence-corrected chi connectivity index (χ2v) is 6.35. The molecule has 2 aromatic rings. The molecule has 0 aromatic heterocycles. The number of allylic oxidation sites excluding steroid dienone is 1. The summed E-state index contributed by atoms with van der Waals surface area (Å²) in [7, 11) is 1.23. The fourth-order valence-corrected chi connectivity index (χ4v) is 3.15. The number of non-ortho nitro benzene ring substituents is 1. The van der Waals surface area contributed by atoms with Gasteiger partial charge in [-0.3, -0.25) is 19.8 Å². The number of hydrogen-bond acceptors (Lipinski definition) is 5. The van der Waals surface area contributed by atoms with Gasteiger partial charge in [-0.15, -0.1) is 0 Å². The van der Waals surface area contributed by atoms with Gasteiger partial charge in [0.2, 0.25) is 0 Å². The van der Waals surface area contributed by atoms with E-state index in [4.69, 9.17) is 16.3 Å². The van der Waals surface area contributed by atoms with Crippen molar-refractivity contribution in [2.75, 3.05) is 12.0 Å². The average Bonchev–Trinajstić information content (AvgIpc) is 2.93. The van der Waals surface area contributed by atoms with E-state index in [1.807, 2.05) is 0 Å². The molecule has 0 N–H and O–H groups in total. The lowest BCUT2D eigenvalue weighted by molar-refractivity contribution is -0.384. The van der Waals surface area contributed by atoms with Crippen LogP contribution in [0, 0.1) is 10.1 Å². The molecule has 1 heterocycles. The Kier molecular flexibility index (Phi) is 5.28. The first-order chi connectivity index (χ1) is 13.3. The molecule has 0 spiro atoms. The summed E-state index contributed by atoms with van der Waals surface area (Å²) in [5, 5.41) is 11.3. The normalized spacial score (nSPS) is 15.3. The van der Waals surface area contributed by atoms with Gasteiger partial charge in [0.25, 0.3) is 11.6 Å². The van der Waals surface area contributed by atoms with Crippen molar-refractivity contribution in [1.29, 1.82) is 0 Å². The molecule has 1 aliphatic rings. The van der Waals surface area contributed by atoms with Crippen LogP contribution in [0.1, 0.15) is 12.5 Å². The van der Waals surface area contributed by atoms with E-state index >= 15 is 0 Å². The Morgan fingerprint density at radius 1 is 1.18 bits per heavy atom. The van der Waals surface area contributed by atoms with E-state index in [1.54, 1.807) is 31.2 Å². The summed E-state index contributed by atoms with van der Waals surface area (Å²) in [6.45, 7) is 1.61. The highest BCUT2D eigenvalue weighted by Crippen LogP contribution is 2.36. The molecule has 0 atom stereocenters.